The Balaban J connectivity index is 0.000000380. The van der Waals surface area contributed by atoms with Gasteiger partial charge in [-0.25, -0.2) is 63.7 Å². The van der Waals surface area contributed by atoms with E-state index >= 15 is 0 Å². The van der Waals surface area contributed by atoms with Gasteiger partial charge in [0, 0.05) is 94.3 Å². The first-order valence-corrected chi connectivity index (χ1v) is 42.7. The van der Waals surface area contributed by atoms with Gasteiger partial charge in [-0.1, -0.05) is 63.7 Å². The average Bonchev–Trinajstić information content (AvgIpc) is 1.54. The van der Waals surface area contributed by atoms with Crippen LogP contribution in [0.15, 0.2) is 144 Å². The van der Waals surface area contributed by atoms with Crippen LogP contribution in [0.1, 0.15) is 227 Å². The Labute approximate surface area is 769 Å². The van der Waals surface area contributed by atoms with Gasteiger partial charge in [0.2, 0.25) is 11.8 Å². The SMILES string of the molecule is BrCC1CC1.CC(=O)c1coc(-c2ccnc(N(CC3CC3)C(=O)OC(C)(C)C)c2)n1.CC(=O)c1cocn1.CC(C)(C)OC(=O)Cc1cc(Br)ccn1.CC(C)(C)OC(=O)N(CC1CC1)c1cc(-c2nc(C(=O)O)co2)ccn1.CC(C)(C)OC(=O)N(CC1CC1)c1cc(Br)ccn1.CC(C)(C)OC(=O)OC(=O)OC(C)(C)C.Nc1cc(Br)ccn1.[Li+].[OH-]. The summed E-state index contributed by atoms with van der Waals surface area (Å²) in [5, 5.41) is 10.2. The van der Waals surface area contributed by atoms with Crippen molar-refractivity contribution in [2.24, 2.45) is 23.7 Å². The van der Waals surface area contributed by atoms with Gasteiger partial charge in [0.15, 0.2) is 23.7 Å². The van der Waals surface area contributed by atoms with Crippen molar-refractivity contribution in [3.63, 3.8) is 0 Å². The van der Waals surface area contributed by atoms with Gasteiger partial charge in [-0.05, 0) is 260 Å². The number of oxazole rings is 3. The molecule has 0 atom stereocenters. The number of hydrogen-bond donors (Lipinski definition) is 2. The minimum Gasteiger partial charge on any atom is -0.870 e. The van der Waals surface area contributed by atoms with Crippen LogP contribution in [-0.2, 0) is 44.4 Å². The monoisotopic (exact) mass is 1970 g/mol. The van der Waals surface area contributed by atoms with E-state index in [1.54, 1.807) is 106 Å². The molecule has 672 valence electrons. The number of aromatic carboxylic acids is 1. The number of anilines is 4. The molecule has 0 spiro atoms. The van der Waals surface area contributed by atoms with Crippen molar-refractivity contribution in [3.8, 4) is 22.9 Å². The number of aromatic nitrogens is 8. The maximum atomic E-state index is 12.6. The van der Waals surface area contributed by atoms with E-state index < -0.39 is 64.1 Å². The molecule has 8 aromatic rings. The first-order valence-electron chi connectivity index (χ1n) is 39.2. The zero-order chi connectivity index (χ0) is 91.3. The molecular formula is C86H113Br4LiN12O21. The van der Waals surface area contributed by atoms with Crippen LogP contribution in [0.25, 0.3) is 22.9 Å². The summed E-state index contributed by atoms with van der Waals surface area (Å²) in [4.78, 5) is 141. The van der Waals surface area contributed by atoms with Crippen molar-refractivity contribution in [2.45, 2.75) is 230 Å². The van der Waals surface area contributed by atoms with Gasteiger partial charge < -0.3 is 62.7 Å². The molecule has 8 heterocycles. The summed E-state index contributed by atoms with van der Waals surface area (Å²) in [5.41, 5.74) is 4.14. The third-order valence-electron chi connectivity index (χ3n) is 15.3. The third kappa shape index (κ3) is 46.5. The smallest absolute Gasteiger partial charge is 0.870 e. The van der Waals surface area contributed by atoms with Gasteiger partial charge in [0.05, 0.1) is 12.1 Å². The molecule has 124 heavy (non-hydrogen) atoms. The van der Waals surface area contributed by atoms with Crippen LogP contribution in [0.5, 0.6) is 0 Å². The van der Waals surface area contributed by atoms with Crippen LogP contribution in [0.3, 0.4) is 0 Å². The number of nitrogen functional groups attached to an aromatic ring is 1. The fraction of sp³-hybridized carbons (Fsp3) is 0.500. The number of pyridine rings is 5. The maximum Gasteiger partial charge on any atom is 1.00 e. The van der Waals surface area contributed by atoms with E-state index in [9.17, 15) is 43.2 Å². The second kappa shape index (κ2) is 50.0. The van der Waals surface area contributed by atoms with Gasteiger partial charge in [-0.3, -0.25) is 34.1 Å². The first kappa shape index (κ1) is 109. The predicted molar refractivity (Wildman–Crippen MR) is 474 cm³/mol. The molecule has 38 heteroatoms. The van der Waals surface area contributed by atoms with Gasteiger partial charge >= 0.3 is 61.4 Å². The summed E-state index contributed by atoms with van der Waals surface area (Å²) in [6.45, 7) is 36.7. The Kier molecular flexibility index (Phi) is 43.8. The number of ketones is 2. The molecule has 4 saturated carbocycles. The quantitative estimate of drug-likeness (QED) is 0.0213. The van der Waals surface area contributed by atoms with Crippen molar-refractivity contribution in [3.05, 3.63) is 153 Å². The van der Waals surface area contributed by atoms with Crippen molar-refractivity contribution >= 4 is 141 Å². The molecule has 4 aliphatic rings. The second-order valence-corrected chi connectivity index (χ2v) is 37.8. The number of halogens is 4. The summed E-state index contributed by atoms with van der Waals surface area (Å²) >= 11 is 13.3. The largest absolute Gasteiger partial charge is 1.00 e. The fourth-order valence-corrected chi connectivity index (χ4v) is 10.9. The molecule has 12 rings (SSSR count). The summed E-state index contributed by atoms with van der Waals surface area (Å²) in [6.07, 6.45) is 19.5. The summed E-state index contributed by atoms with van der Waals surface area (Å²) < 4.78 is 53.4. The van der Waals surface area contributed by atoms with Gasteiger partial charge in [-0.2, -0.15) is 0 Å². The standard InChI is InChI=1S/C19H23N3O4.C18H21N3O5.C14H19BrN2O2.C11H14BrNO2.C10H18O5.C5H5BrN2.C5H5NO2.C4H7Br.Li.H2O/c1-12(23)15-11-25-17(21-15)14-7-8-20-16(9-14)22(10-13-5-6-13)18(24)26-19(2,3)4;1-18(2,3)26-17(24)21(9-11-4-5-11)14-8-12(6-7-19-14)15-20-13(10-25-15)16(22)23;1-14(2,3)19-13(18)17(9-10-4-5-10)12-8-11(15)6-7-16-12;1-11(2,3)15-10(14)7-9-6-8(12)4-5-13-9;1-9(2,3)14-7(11)13-8(12)15-10(4,5)6;6-4-1-2-8-5(7)3-4;1-4(7)5-2-8-3-6-5;5-3-4-1-2-4;;/h7-9,11,13H,5-6,10H2,1-4H3;6-8,10-11H,4-5,9H2,1-3H3,(H,22,23);6-8,10H,4-5,9H2,1-3H3;4-6H,7H2,1-3H3;1-6H3;1-3H,(H2,7,8);2-3H,1H3;4H,1-3H2;;1H2/q;;;;;;;;+1;/p-1. The molecule has 0 aliphatic heterocycles. The number of carboxylic acid groups (broad SMARTS) is 1. The number of Topliss-reactive ketones (excluding diaryl/α,β-unsaturated/α-hetero) is 2. The van der Waals surface area contributed by atoms with E-state index in [2.05, 4.69) is 113 Å². The van der Waals surface area contributed by atoms with E-state index in [1.807, 2.05) is 113 Å². The summed E-state index contributed by atoms with van der Waals surface area (Å²) in [5.74, 6) is 3.41. The number of rotatable bonds is 17. The number of carboxylic acids is 1. The van der Waals surface area contributed by atoms with Crippen LogP contribution in [-0.4, -0.2) is 163 Å². The Morgan fingerprint density at radius 3 is 1.07 bits per heavy atom. The van der Waals surface area contributed by atoms with Crippen molar-refractivity contribution in [1.82, 2.24) is 39.9 Å². The summed E-state index contributed by atoms with van der Waals surface area (Å²) in [7, 11) is 0. The van der Waals surface area contributed by atoms with Crippen LogP contribution in [0, 0.1) is 23.7 Å². The number of nitrogens with zero attached hydrogens (tertiary/aromatic N) is 11. The van der Waals surface area contributed by atoms with E-state index in [4.69, 9.17) is 48.1 Å². The van der Waals surface area contributed by atoms with E-state index in [0.717, 1.165) is 51.3 Å². The molecule has 4 aliphatic carbocycles. The molecule has 0 radical (unpaired) electrons. The minimum absolute atomic E-state index is 0. The average molecular weight is 1980 g/mol. The van der Waals surface area contributed by atoms with Gasteiger partial charge in [-0.15, -0.1) is 0 Å². The number of carbonyl (C=O) groups excluding carboxylic acids is 8. The van der Waals surface area contributed by atoms with Crippen LogP contribution in [0.2, 0.25) is 0 Å². The normalized spacial score (nSPS) is 13.2. The van der Waals surface area contributed by atoms with Crippen molar-refractivity contribution < 1.29 is 119 Å². The Morgan fingerprint density at radius 1 is 0.444 bits per heavy atom. The number of hydrogen-bond acceptors (Lipinski definition) is 29. The van der Waals surface area contributed by atoms with E-state index in [0.29, 0.717) is 89.1 Å². The minimum atomic E-state index is -1.17. The van der Waals surface area contributed by atoms with Gasteiger partial charge in [0.25, 0.3) is 0 Å². The molecule has 0 saturated heterocycles. The fourth-order valence-electron chi connectivity index (χ4n) is 9.18. The molecule has 4 fully saturated rings. The molecule has 4 N–H and O–H groups in total. The van der Waals surface area contributed by atoms with Gasteiger partial charge in [0.1, 0.15) is 87.1 Å². The Bertz CT molecular complexity index is 4570. The van der Waals surface area contributed by atoms with E-state index in [-0.39, 0.29) is 71.7 Å². The molecule has 0 bridgehead atoms. The number of ether oxygens (including phenoxy) is 7. The maximum absolute atomic E-state index is 12.6. The molecular weight excluding hydrogens is 1860 g/mol. The zero-order valence-electron chi connectivity index (χ0n) is 74.1. The Hall–Kier alpha value is -9.51. The third-order valence-corrected chi connectivity index (χ3v) is 17.7. The van der Waals surface area contributed by atoms with E-state index in [1.165, 1.54) is 74.9 Å². The number of nitrogens with two attached hydrogens (primary N) is 1. The van der Waals surface area contributed by atoms with Crippen LogP contribution >= 0.6 is 63.7 Å². The number of alkyl halides is 1. The first-order chi connectivity index (χ1) is 56.7. The molecule has 0 aromatic carbocycles. The Morgan fingerprint density at radius 2 is 0.790 bits per heavy atom. The van der Waals surface area contributed by atoms with Crippen molar-refractivity contribution in [1.29, 1.82) is 0 Å². The van der Waals surface area contributed by atoms with Crippen molar-refractivity contribution in [2.75, 3.05) is 45.4 Å². The number of esters is 1. The summed E-state index contributed by atoms with van der Waals surface area (Å²) in [6, 6.07) is 17.6. The second-order valence-electron chi connectivity index (χ2n) is 34.4. The number of amides is 3. The topological polar surface area (TPSA) is 447 Å². The molecule has 8 aromatic heterocycles. The van der Waals surface area contributed by atoms with Crippen LogP contribution in [0.4, 0.5) is 47.2 Å². The molecule has 3 amide bonds. The molecule has 0 unspecified atom stereocenters. The number of carbonyl (C=O) groups is 9. The molecule has 33 nitrogen and oxygen atoms in total. The van der Waals surface area contributed by atoms with Crippen LogP contribution < -0.4 is 39.3 Å². The zero-order valence-corrected chi connectivity index (χ0v) is 80.5. The predicted octanol–water partition coefficient (Wildman–Crippen LogP) is 18.2.